The maximum Gasteiger partial charge on any atom is 0.345 e. The first-order valence-electron chi connectivity index (χ1n) is 6.06. The van der Waals surface area contributed by atoms with E-state index in [0.717, 1.165) is 0 Å². The van der Waals surface area contributed by atoms with Crippen LogP contribution in [0, 0.1) is 0 Å². The second-order valence-electron chi connectivity index (χ2n) is 4.05. The fourth-order valence-electron chi connectivity index (χ4n) is 1.61. The van der Waals surface area contributed by atoms with Crippen LogP contribution in [0.2, 0.25) is 5.02 Å². The lowest BCUT2D eigenvalue weighted by Crippen LogP contribution is -2.12. The summed E-state index contributed by atoms with van der Waals surface area (Å²) in [5, 5.41) is 15.2. The van der Waals surface area contributed by atoms with E-state index in [1.54, 1.807) is 12.1 Å². The zero-order valence-electron chi connectivity index (χ0n) is 10.7. The number of aromatic nitrogens is 4. The number of amides is 1. The fourth-order valence-corrected chi connectivity index (χ4v) is 2.53. The smallest absolute Gasteiger partial charge is 0.345 e. The first-order valence-corrected chi connectivity index (χ1v) is 7.43. The number of halogens is 1. The number of fused-ring (bicyclic) bond motifs is 1. The maximum absolute atomic E-state index is 11.8. The van der Waals surface area contributed by atoms with Crippen molar-refractivity contribution in [3.63, 3.8) is 0 Å². The van der Waals surface area contributed by atoms with Gasteiger partial charge in [-0.05, 0) is 12.1 Å². The van der Waals surface area contributed by atoms with Gasteiger partial charge in [0.25, 0.3) is 5.22 Å². The molecule has 2 heterocycles. The van der Waals surface area contributed by atoms with Gasteiger partial charge in [-0.15, -0.1) is 10.2 Å². The Balaban J connectivity index is 1.50. The number of carbonyl (C=O) groups is 1. The average molecular weight is 324 g/mol. The zero-order chi connectivity index (χ0) is 14.7. The van der Waals surface area contributed by atoms with Gasteiger partial charge >= 0.3 is 5.84 Å². The van der Waals surface area contributed by atoms with Crippen molar-refractivity contribution in [1.82, 2.24) is 19.8 Å². The van der Waals surface area contributed by atoms with Crippen molar-refractivity contribution in [2.24, 2.45) is 0 Å². The van der Waals surface area contributed by atoms with E-state index in [9.17, 15) is 4.79 Å². The number of carbonyl (C=O) groups excluding carboxylic acids is 1. The van der Waals surface area contributed by atoms with Gasteiger partial charge in [-0.2, -0.15) is 4.52 Å². The predicted molar refractivity (Wildman–Crippen MR) is 78.5 cm³/mol. The second kappa shape index (κ2) is 6.15. The molecule has 0 radical (unpaired) electrons. The van der Waals surface area contributed by atoms with Crippen LogP contribution in [0.25, 0.3) is 5.84 Å². The van der Waals surface area contributed by atoms with E-state index in [1.165, 1.54) is 22.6 Å². The molecule has 0 aliphatic carbocycles. The Morgan fingerprint density at radius 3 is 3.10 bits per heavy atom. The summed E-state index contributed by atoms with van der Waals surface area (Å²) < 4.78 is 6.75. The van der Waals surface area contributed by atoms with Gasteiger partial charge in [-0.3, -0.25) is 4.79 Å². The molecular weight excluding hydrogens is 314 g/mol. The van der Waals surface area contributed by atoms with Gasteiger partial charge in [-0.25, -0.2) is 0 Å². The van der Waals surface area contributed by atoms with E-state index in [0.29, 0.717) is 34.0 Å². The highest BCUT2D eigenvalue weighted by Crippen LogP contribution is 2.21. The van der Waals surface area contributed by atoms with Gasteiger partial charge in [0.15, 0.2) is 0 Å². The molecule has 0 aliphatic rings. The van der Waals surface area contributed by atoms with Crippen molar-refractivity contribution in [2.75, 3.05) is 11.1 Å². The van der Waals surface area contributed by atoms with Crippen LogP contribution in [0.15, 0.2) is 40.2 Å². The van der Waals surface area contributed by atoms with E-state index >= 15 is 0 Å². The number of nitrogens with one attached hydrogen (secondary N) is 1. The van der Waals surface area contributed by atoms with Gasteiger partial charge < -0.3 is 9.73 Å². The first kappa shape index (κ1) is 13.9. The number of thioether (sulfide) groups is 1. The Morgan fingerprint density at radius 1 is 1.43 bits per heavy atom. The predicted octanol–water partition coefficient (Wildman–Crippen LogP) is 2.49. The Kier molecular flexibility index (Phi) is 4.07. The summed E-state index contributed by atoms with van der Waals surface area (Å²) in [7, 11) is 0. The molecule has 1 amide bonds. The molecule has 7 nitrogen and oxygen atoms in total. The summed E-state index contributed by atoms with van der Waals surface area (Å²) >= 11 is 7.30. The normalized spacial score (nSPS) is 10.9. The second-order valence-corrected chi connectivity index (χ2v) is 5.51. The Labute approximate surface area is 128 Å². The quantitative estimate of drug-likeness (QED) is 0.726. The zero-order valence-corrected chi connectivity index (χ0v) is 12.3. The number of anilines is 1. The molecule has 3 rings (SSSR count). The van der Waals surface area contributed by atoms with E-state index < -0.39 is 0 Å². The van der Waals surface area contributed by atoms with Crippen LogP contribution in [0.1, 0.15) is 6.42 Å². The number of hydrogen-bond acceptors (Lipinski definition) is 6. The maximum atomic E-state index is 11.8. The minimum atomic E-state index is -0.117. The molecule has 3 aromatic rings. The van der Waals surface area contributed by atoms with Crippen LogP contribution in [-0.2, 0) is 4.79 Å². The minimum absolute atomic E-state index is 0.117. The topological polar surface area (TPSA) is 85.3 Å². The Morgan fingerprint density at radius 2 is 2.29 bits per heavy atom. The van der Waals surface area contributed by atoms with Crippen molar-refractivity contribution >= 4 is 40.8 Å². The molecule has 0 saturated heterocycles. The summed E-state index contributed by atoms with van der Waals surface area (Å²) in [6.45, 7) is 0. The van der Waals surface area contributed by atoms with Crippen molar-refractivity contribution < 1.29 is 9.21 Å². The van der Waals surface area contributed by atoms with Gasteiger partial charge in [0.2, 0.25) is 5.91 Å². The molecular formula is C12H10ClN5O2S. The summed E-state index contributed by atoms with van der Waals surface area (Å²) in [4.78, 5) is 11.8. The summed E-state index contributed by atoms with van der Waals surface area (Å²) in [6, 6.07) is 7.10. The highest BCUT2D eigenvalue weighted by molar-refractivity contribution is 7.99. The third-order valence-corrected chi connectivity index (χ3v) is 3.72. The molecule has 0 spiro atoms. The summed E-state index contributed by atoms with van der Waals surface area (Å²) in [5.74, 6) is 0.750. The minimum Gasteiger partial charge on any atom is -0.396 e. The largest absolute Gasteiger partial charge is 0.396 e. The molecule has 0 atom stereocenters. The molecule has 108 valence electrons. The number of hydrogen-bond donors (Lipinski definition) is 1. The molecule has 0 saturated carbocycles. The van der Waals surface area contributed by atoms with Crippen molar-refractivity contribution in [2.45, 2.75) is 11.6 Å². The Hall–Kier alpha value is -2.06. The molecule has 1 aromatic carbocycles. The lowest BCUT2D eigenvalue weighted by molar-refractivity contribution is -0.115. The monoisotopic (exact) mass is 323 g/mol. The van der Waals surface area contributed by atoms with E-state index in [-0.39, 0.29) is 5.91 Å². The van der Waals surface area contributed by atoms with Gasteiger partial charge in [-0.1, -0.05) is 40.6 Å². The average Bonchev–Trinajstić information content (AvgIpc) is 3.02. The number of nitrogens with zero attached hydrogens (tertiary/aromatic N) is 4. The fraction of sp³-hybridized carbons (Fsp3) is 0.167. The molecule has 0 aliphatic heterocycles. The standard InChI is InChI=1S/C12H10ClN5O2S/c13-8-3-1-2-4-9(8)15-10(19)5-6-21-12-17-18-7-14-16-11(18)20-12/h1-4,7H,5-6H2,(H,15,19). The van der Waals surface area contributed by atoms with Crippen LogP contribution in [-0.4, -0.2) is 31.5 Å². The first-order chi connectivity index (χ1) is 10.2. The lowest BCUT2D eigenvalue weighted by Gasteiger charge is -2.05. The van der Waals surface area contributed by atoms with Gasteiger partial charge in [0.05, 0.1) is 10.7 Å². The highest BCUT2D eigenvalue weighted by Gasteiger charge is 2.09. The highest BCUT2D eigenvalue weighted by atomic mass is 35.5. The van der Waals surface area contributed by atoms with Crippen LogP contribution in [0.4, 0.5) is 5.69 Å². The lowest BCUT2D eigenvalue weighted by atomic mass is 10.3. The molecule has 21 heavy (non-hydrogen) atoms. The van der Waals surface area contributed by atoms with E-state index in [1.807, 2.05) is 12.1 Å². The van der Waals surface area contributed by atoms with Gasteiger partial charge in [0.1, 0.15) is 6.33 Å². The molecule has 2 aromatic heterocycles. The molecule has 0 bridgehead atoms. The van der Waals surface area contributed by atoms with Gasteiger partial charge in [0, 0.05) is 12.2 Å². The van der Waals surface area contributed by atoms with Crippen molar-refractivity contribution in [1.29, 1.82) is 0 Å². The number of benzene rings is 1. The van der Waals surface area contributed by atoms with Crippen molar-refractivity contribution in [3.8, 4) is 0 Å². The van der Waals surface area contributed by atoms with Crippen molar-refractivity contribution in [3.05, 3.63) is 35.6 Å². The van der Waals surface area contributed by atoms with Crippen LogP contribution < -0.4 is 5.32 Å². The molecule has 0 fully saturated rings. The van der Waals surface area contributed by atoms with Crippen LogP contribution >= 0.6 is 23.4 Å². The SMILES string of the molecule is O=C(CCSc1nn2cnnc2o1)Nc1ccccc1Cl. The van der Waals surface area contributed by atoms with Crippen LogP contribution in [0.3, 0.4) is 0 Å². The molecule has 1 N–H and O–H groups in total. The van der Waals surface area contributed by atoms with Crippen LogP contribution in [0.5, 0.6) is 0 Å². The third kappa shape index (κ3) is 3.34. The van der Waals surface area contributed by atoms with E-state index in [4.69, 9.17) is 16.0 Å². The Bertz CT molecular complexity index is 743. The summed E-state index contributed by atoms with van der Waals surface area (Å²) in [5.41, 5.74) is 0.606. The summed E-state index contributed by atoms with van der Waals surface area (Å²) in [6.07, 6.45) is 1.77. The third-order valence-electron chi connectivity index (χ3n) is 2.57. The number of rotatable bonds is 5. The molecule has 0 unspecified atom stereocenters. The molecule has 9 heteroatoms. The van der Waals surface area contributed by atoms with E-state index in [2.05, 4.69) is 20.6 Å². The number of para-hydroxylation sites is 1.